The molecule has 118 valence electrons. The lowest BCUT2D eigenvalue weighted by Gasteiger charge is -2.08. The minimum atomic E-state index is -3.48. The Hall–Kier alpha value is -2.74. The summed E-state index contributed by atoms with van der Waals surface area (Å²) in [6.45, 7) is 0. The van der Waals surface area contributed by atoms with E-state index in [0.717, 1.165) is 5.56 Å². The zero-order valence-corrected chi connectivity index (χ0v) is 13.0. The van der Waals surface area contributed by atoms with Crippen LogP contribution in [0.5, 0.6) is 0 Å². The van der Waals surface area contributed by atoms with Crippen LogP contribution in [0.3, 0.4) is 0 Å². The van der Waals surface area contributed by atoms with Crippen LogP contribution < -0.4 is 4.72 Å². The van der Waals surface area contributed by atoms with Crippen LogP contribution in [-0.2, 0) is 16.4 Å². The Balaban J connectivity index is 1.69. The monoisotopic (exact) mass is 329 g/mol. The Morgan fingerprint density at radius 1 is 1.13 bits per heavy atom. The quantitative estimate of drug-likeness (QED) is 0.742. The molecule has 0 unspecified atom stereocenters. The highest BCUT2D eigenvalue weighted by molar-refractivity contribution is 7.92. The molecule has 23 heavy (non-hydrogen) atoms. The first-order valence-corrected chi connectivity index (χ1v) is 8.62. The van der Waals surface area contributed by atoms with Gasteiger partial charge in [-0.05, 0) is 12.0 Å². The second-order valence-corrected chi connectivity index (χ2v) is 6.73. The number of nitrogens with one attached hydrogen (secondary N) is 1. The summed E-state index contributed by atoms with van der Waals surface area (Å²) in [6, 6.07) is 11.0. The third kappa shape index (κ3) is 4.13. The number of imidazole rings is 1. The van der Waals surface area contributed by atoms with Gasteiger partial charge in [0, 0.05) is 18.5 Å². The van der Waals surface area contributed by atoms with E-state index in [1.807, 2.05) is 30.3 Å². The van der Waals surface area contributed by atoms with Gasteiger partial charge >= 0.3 is 0 Å². The number of rotatable bonds is 6. The van der Waals surface area contributed by atoms with Gasteiger partial charge < -0.3 is 0 Å². The lowest BCUT2D eigenvalue weighted by Crippen LogP contribution is -2.19. The van der Waals surface area contributed by atoms with Crippen LogP contribution in [-0.4, -0.2) is 33.7 Å². The minimum absolute atomic E-state index is 0.0125. The molecular weight excluding hydrogens is 314 g/mol. The van der Waals surface area contributed by atoms with Crippen LogP contribution in [0.1, 0.15) is 5.56 Å². The second-order valence-electron chi connectivity index (χ2n) is 4.89. The number of nitrogens with zero attached hydrogens (tertiary/aromatic N) is 4. The first-order chi connectivity index (χ1) is 11.1. The van der Waals surface area contributed by atoms with Crippen molar-refractivity contribution < 1.29 is 8.42 Å². The number of hydrogen-bond donors (Lipinski definition) is 1. The van der Waals surface area contributed by atoms with Gasteiger partial charge in [-0.2, -0.15) is 0 Å². The number of hydrogen-bond acceptors (Lipinski definition) is 5. The first-order valence-electron chi connectivity index (χ1n) is 6.97. The van der Waals surface area contributed by atoms with Crippen LogP contribution in [0.4, 0.5) is 5.82 Å². The SMILES string of the molecule is O=S(=O)(CCc1ccccc1)Nc1cc(-n2ccnc2)ncn1. The van der Waals surface area contributed by atoms with E-state index in [1.165, 1.54) is 6.33 Å². The van der Waals surface area contributed by atoms with Crippen molar-refractivity contribution in [1.29, 1.82) is 0 Å². The fraction of sp³-hybridized carbons (Fsp3) is 0.133. The first kappa shape index (κ1) is 15.2. The van der Waals surface area contributed by atoms with Crippen molar-refractivity contribution in [2.24, 2.45) is 0 Å². The summed E-state index contributed by atoms with van der Waals surface area (Å²) < 4.78 is 28.5. The Morgan fingerprint density at radius 2 is 1.96 bits per heavy atom. The molecule has 0 spiro atoms. The van der Waals surface area contributed by atoms with Gasteiger partial charge in [-0.15, -0.1) is 0 Å². The minimum Gasteiger partial charge on any atom is -0.290 e. The van der Waals surface area contributed by atoms with Crippen LogP contribution in [0, 0.1) is 0 Å². The number of sulfonamides is 1. The summed E-state index contributed by atoms with van der Waals surface area (Å²) in [4.78, 5) is 12.0. The van der Waals surface area contributed by atoms with Gasteiger partial charge in [-0.25, -0.2) is 23.4 Å². The number of anilines is 1. The van der Waals surface area contributed by atoms with Crippen LogP contribution in [0.15, 0.2) is 61.4 Å². The molecular formula is C15H15N5O2S. The Bertz CT molecular complexity index is 864. The van der Waals surface area contributed by atoms with Crippen LogP contribution in [0.25, 0.3) is 5.82 Å². The van der Waals surface area contributed by atoms with E-state index in [4.69, 9.17) is 0 Å². The molecule has 0 atom stereocenters. The predicted octanol–water partition coefficient (Wildman–Crippen LogP) is 1.65. The maximum Gasteiger partial charge on any atom is 0.234 e. The van der Waals surface area contributed by atoms with Gasteiger partial charge in [0.25, 0.3) is 0 Å². The van der Waals surface area contributed by atoms with Crippen LogP contribution >= 0.6 is 0 Å². The second kappa shape index (κ2) is 6.57. The van der Waals surface area contributed by atoms with Gasteiger partial charge in [-0.1, -0.05) is 30.3 Å². The molecule has 0 saturated carbocycles. The van der Waals surface area contributed by atoms with E-state index < -0.39 is 10.0 Å². The third-order valence-corrected chi connectivity index (χ3v) is 4.45. The van der Waals surface area contributed by atoms with Gasteiger partial charge in [0.2, 0.25) is 10.0 Å². The van der Waals surface area contributed by atoms with Crippen molar-refractivity contribution in [3.63, 3.8) is 0 Å². The average Bonchev–Trinajstić information content (AvgIpc) is 3.08. The van der Waals surface area contributed by atoms with E-state index in [1.54, 1.807) is 29.4 Å². The topological polar surface area (TPSA) is 89.8 Å². The predicted molar refractivity (Wildman–Crippen MR) is 86.7 cm³/mol. The molecule has 0 radical (unpaired) electrons. The van der Waals surface area contributed by atoms with Crippen LogP contribution in [0.2, 0.25) is 0 Å². The summed E-state index contributed by atoms with van der Waals surface area (Å²) >= 11 is 0. The summed E-state index contributed by atoms with van der Waals surface area (Å²) in [7, 11) is -3.48. The highest BCUT2D eigenvalue weighted by Gasteiger charge is 2.12. The number of benzene rings is 1. The molecule has 3 aromatic rings. The van der Waals surface area contributed by atoms with Crippen molar-refractivity contribution in [3.8, 4) is 5.82 Å². The molecule has 1 aromatic carbocycles. The molecule has 2 aromatic heterocycles. The molecule has 0 bridgehead atoms. The van der Waals surface area contributed by atoms with E-state index in [-0.39, 0.29) is 11.6 Å². The maximum atomic E-state index is 12.2. The molecule has 0 fully saturated rings. The number of aryl methyl sites for hydroxylation is 1. The fourth-order valence-corrected chi connectivity index (χ4v) is 3.08. The fourth-order valence-electron chi connectivity index (χ4n) is 2.05. The standard InChI is InChI=1S/C15H15N5O2S/c21-23(22,9-6-13-4-2-1-3-5-13)19-14-10-15(18-11-17-14)20-8-7-16-12-20/h1-5,7-8,10-12H,6,9H2,(H,17,18,19). The lowest BCUT2D eigenvalue weighted by molar-refractivity contribution is 0.600. The molecule has 2 heterocycles. The summed E-state index contributed by atoms with van der Waals surface area (Å²) in [5.41, 5.74) is 0.972. The zero-order chi connectivity index (χ0) is 16.1. The highest BCUT2D eigenvalue weighted by Crippen LogP contribution is 2.11. The van der Waals surface area contributed by atoms with E-state index in [0.29, 0.717) is 12.2 Å². The smallest absolute Gasteiger partial charge is 0.234 e. The summed E-state index contributed by atoms with van der Waals surface area (Å²) in [6.07, 6.45) is 6.66. The number of aromatic nitrogens is 4. The van der Waals surface area contributed by atoms with Crippen molar-refractivity contribution >= 4 is 15.8 Å². The van der Waals surface area contributed by atoms with Gasteiger partial charge in [-0.3, -0.25) is 9.29 Å². The van der Waals surface area contributed by atoms with Gasteiger partial charge in [0.1, 0.15) is 24.3 Å². The molecule has 0 aliphatic heterocycles. The van der Waals surface area contributed by atoms with E-state index >= 15 is 0 Å². The molecule has 1 N–H and O–H groups in total. The highest BCUT2D eigenvalue weighted by atomic mass is 32.2. The van der Waals surface area contributed by atoms with E-state index in [2.05, 4.69) is 19.7 Å². The maximum absolute atomic E-state index is 12.2. The Kier molecular flexibility index (Phi) is 4.33. The lowest BCUT2D eigenvalue weighted by atomic mass is 10.2. The molecule has 3 rings (SSSR count). The van der Waals surface area contributed by atoms with Crippen molar-refractivity contribution in [2.75, 3.05) is 10.5 Å². The van der Waals surface area contributed by atoms with Crippen molar-refractivity contribution in [2.45, 2.75) is 6.42 Å². The average molecular weight is 329 g/mol. The Labute approximate surface area is 134 Å². The molecule has 0 saturated heterocycles. The largest absolute Gasteiger partial charge is 0.290 e. The van der Waals surface area contributed by atoms with E-state index in [9.17, 15) is 8.42 Å². The molecule has 8 heteroatoms. The molecule has 0 aliphatic carbocycles. The molecule has 0 amide bonds. The van der Waals surface area contributed by atoms with Crippen molar-refractivity contribution in [1.82, 2.24) is 19.5 Å². The zero-order valence-electron chi connectivity index (χ0n) is 12.2. The molecule has 7 nitrogen and oxygen atoms in total. The summed E-state index contributed by atoms with van der Waals surface area (Å²) in [5.74, 6) is 0.761. The molecule has 0 aliphatic rings. The summed E-state index contributed by atoms with van der Waals surface area (Å²) in [5, 5.41) is 0. The van der Waals surface area contributed by atoms with Crippen molar-refractivity contribution in [3.05, 3.63) is 67.0 Å². The normalized spacial score (nSPS) is 11.3. The Morgan fingerprint density at radius 3 is 2.70 bits per heavy atom. The van der Waals surface area contributed by atoms with Gasteiger partial charge in [0.15, 0.2) is 0 Å². The van der Waals surface area contributed by atoms with Gasteiger partial charge in [0.05, 0.1) is 5.75 Å². The third-order valence-electron chi connectivity index (χ3n) is 3.18.